The number of rotatable bonds is 5. The van der Waals surface area contributed by atoms with Crippen LogP contribution in [0.2, 0.25) is 0 Å². The molecule has 0 saturated heterocycles. The van der Waals surface area contributed by atoms with E-state index < -0.39 is 0 Å². The summed E-state index contributed by atoms with van der Waals surface area (Å²) in [6, 6.07) is 8.45. The third-order valence-corrected chi connectivity index (χ3v) is 4.52. The van der Waals surface area contributed by atoms with Crippen LogP contribution in [0.25, 0.3) is 5.69 Å². The maximum Gasteiger partial charge on any atom is 0.233 e. The standard InChI is InChI=1S/C15H18N4OS/c1-10-5-3-4-6-13(10)19-9-16-18-15(19)21-11(2)14(20)17-12-7-8-12/h3-6,9,11-12H,7-8H2,1-2H3,(H,17,20)/t11-/m0/s1. The molecule has 1 N–H and O–H groups in total. The van der Waals surface area contributed by atoms with Gasteiger partial charge in [0, 0.05) is 6.04 Å². The number of nitrogens with zero attached hydrogens (tertiary/aromatic N) is 3. The number of benzene rings is 1. The molecule has 1 atom stereocenters. The van der Waals surface area contributed by atoms with E-state index >= 15 is 0 Å². The lowest BCUT2D eigenvalue weighted by Gasteiger charge is -2.13. The molecule has 0 unspecified atom stereocenters. The van der Waals surface area contributed by atoms with Crippen molar-refractivity contribution in [2.24, 2.45) is 0 Å². The number of carbonyl (C=O) groups is 1. The fraction of sp³-hybridized carbons (Fsp3) is 0.400. The Morgan fingerprint density at radius 1 is 1.43 bits per heavy atom. The second-order valence-corrected chi connectivity index (χ2v) is 6.62. The third-order valence-electron chi connectivity index (χ3n) is 3.47. The van der Waals surface area contributed by atoms with Crippen LogP contribution in [0.15, 0.2) is 35.7 Å². The summed E-state index contributed by atoms with van der Waals surface area (Å²) < 4.78 is 1.93. The minimum absolute atomic E-state index is 0.0711. The molecule has 0 bridgehead atoms. The zero-order valence-electron chi connectivity index (χ0n) is 12.1. The molecule has 5 nitrogen and oxygen atoms in total. The molecular formula is C15H18N4OS. The summed E-state index contributed by atoms with van der Waals surface area (Å²) in [5.74, 6) is 0.0711. The van der Waals surface area contributed by atoms with Gasteiger partial charge in [-0.05, 0) is 38.3 Å². The molecule has 21 heavy (non-hydrogen) atoms. The van der Waals surface area contributed by atoms with Crippen LogP contribution >= 0.6 is 11.8 Å². The predicted molar refractivity (Wildman–Crippen MR) is 82.6 cm³/mol. The van der Waals surface area contributed by atoms with Gasteiger partial charge < -0.3 is 5.32 Å². The number of aryl methyl sites for hydroxylation is 1. The number of hydrogen-bond acceptors (Lipinski definition) is 4. The number of nitrogens with one attached hydrogen (secondary N) is 1. The Morgan fingerprint density at radius 2 is 2.19 bits per heavy atom. The lowest BCUT2D eigenvalue weighted by Crippen LogP contribution is -2.32. The van der Waals surface area contributed by atoms with Gasteiger partial charge in [0.25, 0.3) is 0 Å². The fourth-order valence-electron chi connectivity index (χ4n) is 2.06. The van der Waals surface area contributed by atoms with Crippen molar-refractivity contribution in [1.29, 1.82) is 0 Å². The maximum atomic E-state index is 12.0. The average molecular weight is 302 g/mol. The number of amides is 1. The van der Waals surface area contributed by atoms with Crippen molar-refractivity contribution in [2.75, 3.05) is 0 Å². The molecule has 2 aromatic rings. The molecule has 110 valence electrons. The molecule has 0 aliphatic heterocycles. The minimum atomic E-state index is -0.183. The van der Waals surface area contributed by atoms with Gasteiger partial charge in [-0.2, -0.15) is 0 Å². The van der Waals surface area contributed by atoms with Gasteiger partial charge in [0.15, 0.2) is 5.16 Å². The predicted octanol–water partition coefficient (Wildman–Crippen LogP) is 2.33. The Bertz CT molecular complexity index is 651. The largest absolute Gasteiger partial charge is 0.352 e. The van der Waals surface area contributed by atoms with E-state index in [1.54, 1.807) is 6.33 Å². The van der Waals surface area contributed by atoms with Gasteiger partial charge in [0.1, 0.15) is 6.33 Å². The molecule has 1 saturated carbocycles. The molecule has 6 heteroatoms. The van der Waals surface area contributed by atoms with Crippen LogP contribution < -0.4 is 5.32 Å². The van der Waals surface area contributed by atoms with Crippen molar-refractivity contribution in [3.05, 3.63) is 36.2 Å². The molecule has 1 heterocycles. The molecular weight excluding hydrogens is 284 g/mol. The fourth-order valence-corrected chi connectivity index (χ4v) is 2.91. The smallest absolute Gasteiger partial charge is 0.233 e. The van der Waals surface area contributed by atoms with E-state index in [1.807, 2.05) is 42.7 Å². The first-order valence-corrected chi connectivity index (χ1v) is 7.96. The van der Waals surface area contributed by atoms with Crippen LogP contribution in [0.4, 0.5) is 0 Å². The zero-order chi connectivity index (χ0) is 14.8. The molecule has 3 rings (SSSR count). The average Bonchev–Trinajstić information content (AvgIpc) is 3.17. The van der Waals surface area contributed by atoms with Crippen molar-refractivity contribution < 1.29 is 4.79 Å². The van der Waals surface area contributed by atoms with Crippen LogP contribution in [0.3, 0.4) is 0 Å². The van der Waals surface area contributed by atoms with Crippen LogP contribution in [0.1, 0.15) is 25.3 Å². The molecule has 1 aromatic heterocycles. The monoisotopic (exact) mass is 302 g/mol. The van der Waals surface area contributed by atoms with Crippen molar-refractivity contribution >= 4 is 17.7 Å². The van der Waals surface area contributed by atoms with Gasteiger partial charge in [0.05, 0.1) is 10.9 Å². The van der Waals surface area contributed by atoms with Crippen molar-refractivity contribution in [3.63, 3.8) is 0 Å². The Kier molecular flexibility index (Phi) is 3.96. The number of aromatic nitrogens is 3. The number of para-hydroxylation sites is 1. The summed E-state index contributed by atoms with van der Waals surface area (Å²) in [7, 11) is 0. The molecule has 0 radical (unpaired) electrons. The van der Waals surface area contributed by atoms with Gasteiger partial charge in [-0.3, -0.25) is 9.36 Å². The van der Waals surface area contributed by atoms with Gasteiger partial charge in [0.2, 0.25) is 5.91 Å². The molecule has 1 aliphatic rings. The van der Waals surface area contributed by atoms with Crippen molar-refractivity contribution in [3.8, 4) is 5.69 Å². The van der Waals surface area contributed by atoms with E-state index in [4.69, 9.17) is 0 Å². The quantitative estimate of drug-likeness (QED) is 0.861. The summed E-state index contributed by atoms with van der Waals surface area (Å²) >= 11 is 1.44. The van der Waals surface area contributed by atoms with Crippen LogP contribution in [0, 0.1) is 6.92 Å². The Morgan fingerprint density at radius 3 is 2.90 bits per heavy atom. The lowest BCUT2D eigenvalue weighted by molar-refractivity contribution is -0.120. The maximum absolute atomic E-state index is 12.0. The SMILES string of the molecule is Cc1ccccc1-n1cnnc1S[C@@H](C)C(=O)NC1CC1. The third kappa shape index (κ3) is 3.26. The normalized spacial score (nSPS) is 15.7. The second kappa shape index (κ2) is 5.89. The zero-order valence-corrected chi connectivity index (χ0v) is 12.9. The van der Waals surface area contributed by atoms with Crippen LogP contribution in [-0.4, -0.2) is 32.0 Å². The van der Waals surface area contributed by atoms with E-state index in [-0.39, 0.29) is 11.2 Å². The number of carbonyl (C=O) groups excluding carboxylic acids is 1. The van der Waals surface area contributed by atoms with E-state index in [9.17, 15) is 4.79 Å². The van der Waals surface area contributed by atoms with Crippen LogP contribution in [-0.2, 0) is 4.79 Å². The molecule has 1 aromatic carbocycles. The summed E-state index contributed by atoms with van der Waals surface area (Å²) in [6.07, 6.45) is 3.89. The highest BCUT2D eigenvalue weighted by Gasteiger charge is 2.26. The Labute approximate surface area is 128 Å². The first-order valence-electron chi connectivity index (χ1n) is 7.08. The Hall–Kier alpha value is -1.82. The number of hydrogen-bond donors (Lipinski definition) is 1. The van der Waals surface area contributed by atoms with E-state index in [1.165, 1.54) is 11.8 Å². The molecule has 1 aliphatic carbocycles. The first kappa shape index (κ1) is 14.1. The topological polar surface area (TPSA) is 59.8 Å². The molecule has 1 amide bonds. The van der Waals surface area contributed by atoms with Crippen molar-refractivity contribution in [2.45, 2.75) is 43.1 Å². The number of thioether (sulfide) groups is 1. The summed E-state index contributed by atoms with van der Waals surface area (Å²) in [4.78, 5) is 12.0. The van der Waals surface area contributed by atoms with Gasteiger partial charge in [-0.15, -0.1) is 10.2 Å². The highest BCUT2D eigenvalue weighted by Crippen LogP contribution is 2.26. The van der Waals surface area contributed by atoms with Crippen molar-refractivity contribution in [1.82, 2.24) is 20.1 Å². The minimum Gasteiger partial charge on any atom is -0.352 e. The van der Waals surface area contributed by atoms with Crippen LogP contribution in [0.5, 0.6) is 0 Å². The first-order chi connectivity index (χ1) is 10.1. The highest BCUT2D eigenvalue weighted by molar-refractivity contribution is 8.00. The second-order valence-electron chi connectivity index (χ2n) is 5.31. The van der Waals surface area contributed by atoms with E-state index in [2.05, 4.69) is 15.5 Å². The Balaban J connectivity index is 1.76. The molecule has 0 spiro atoms. The van der Waals surface area contributed by atoms with Gasteiger partial charge in [-0.25, -0.2) is 0 Å². The lowest BCUT2D eigenvalue weighted by atomic mass is 10.2. The van der Waals surface area contributed by atoms with E-state index in [0.29, 0.717) is 6.04 Å². The molecule has 1 fully saturated rings. The van der Waals surface area contributed by atoms with Gasteiger partial charge in [-0.1, -0.05) is 30.0 Å². The van der Waals surface area contributed by atoms with E-state index in [0.717, 1.165) is 29.2 Å². The summed E-state index contributed by atoms with van der Waals surface area (Å²) in [5.41, 5.74) is 2.19. The van der Waals surface area contributed by atoms with Gasteiger partial charge >= 0.3 is 0 Å². The summed E-state index contributed by atoms with van der Waals surface area (Å²) in [5, 5.41) is 11.7. The highest BCUT2D eigenvalue weighted by atomic mass is 32.2. The summed E-state index contributed by atoms with van der Waals surface area (Å²) in [6.45, 7) is 3.95.